The summed E-state index contributed by atoms with van der Waals surface area (Å²) in [7, 11) is 1.93. The van der Waals surface area contributed by atoms with E-state index >= 15 is 0 Å². The largest absolute Gasteiger partial charge is 0.325 e. The number of anilines is 1. The highest BCUT2D eigenvalue weighted by atomic mass is 35.5. The van der Waals surface area contributed by atoms with Crippen LogP contribution in [0.2, 0.25) is 5.02 Å². The van der Waals surface area contributed by atoms with E-state index in [1.165, 1.54) is 11.1 Å². The van der Waals surface area contributed by atoms with E-state index in [4.69, 9.17) is 11.6 Å². The Bertz CT molecular complexity index is 610. The summed E-state index contributed by atoms with van der Waals surface area (Å²) >= 11 is 5.89. The minimum Gasteiger partial charge on any atom is -0.325 e. The molecule has 0 heterocycles. The molecule has 0 aliphatic carbocycles. The molecule has 2 rings (SSSR count). The molecule has 0 aliphatic heterocycles. The van der Waals surface area contributed by atoms with Crippen LogP contribution in [0.3, 0.4) is 0 Å². The lowest BCUT2D eigenvalue weighted by Gasteiger charge is -2.16. The molecule has 0 saturated heterocycles. The maximum Gasteiger partial charge on any atom is 0.238 e. The molecule has 1 N–H and O–H groups in total. The number of rotatable bonds is 5. The van der Waals surface area contributed by atoms with Crippen molar-refractivity contribution in [1.29, 1.82) is 0 Å². The molecule has 21 heavy (non-hydrogen) atoms. The second-order valence-corrected chi connectivity index (χ2v) is 5.65. The molecule has 0 atom stereocenters. The van der Waals surface area contributed by atoms with E-state index in [0.29, 0.717) is 11.6 Å². The lowest BCUT2D eigenvalue weighted by Crippen LogP contribution is -2.29. The number of amides is 1. The van der Waals surface area contributed by atoms with Crippen molar-refractivity contribution in [3.8, 4) is 0 Å². The first-order chi connectivity index (χ1) is 10.0. The number of aryl methyl sites for hydroxylation is 1. The van der Waals surface area contributed by atoms with Gasteiger partial charge in [-0.05, 0) is 37.7 Å². The second kappa shape index (κ2) is 7.25. The van der Waals surface area contributed by atoms with Crippen LogP contribution >= 0.6 is 11.6 Å². The average Bonchev–Trinajstić information content (AvgIpc) is 2.41. The zero-order chi connectivity index (χ0) is 15.2. The molecule has 0 aromatic heterocycles. The third kappa shape index (κ3) is 5.21. The smallest absolute Gasteiger partial charge is 0.238 e. The second-order valence-electron chi connectivity index (χ2n) is 5.22. The fraction of sp³-hybridized carbons (Fsp3) is 0.235. The van der Waals surface area contributed by atoms with Crippen molar-refractivity contribution in [3.63, 3.8) is 0 Å². The highest BCUT2D eigenvalue weighted by Gasteiger charge is 2.07. The van der Waals surface area contributed by atoms with Crippen molar-refractivity contribution in [1.82, 2.24) is 4.90 Å². The molecule has 4 heteroatoms. The number of benzene rings is 2. The minimum absolute atomic E-state index is 0.0492. The Kier molecular flexibility index (Phi) is 5.37. The van der Waals surface area contributed by atoms with Crippen molar-refractivity contribution in [2.45, 2.75) is 13.5 Å². The van der Waals surface area contributed by atoms with Gasteiger partial charge in [0.25, 0.3) is 0 Å². The number of likely N-dealkylation sites (N-methyl/N-ethyl adjacent to an activating group) is 1. The molecule has 0 saturated carbocycles. The Labute approximate surface area is 130 Å². The Hall–Kier alpha value is -1.84. The zero-order valence-electron chi connectivity index (χ0n) is 12.3. The summed E-state index contributed by atoms with van der Waals surface area (Å²) in [5.41, 5.74) is 3.15. The summed E-state index contributed by atoms with van der Waals surface area (Å²) in [6, 6.07) is 15.5. The molecule has 110 valence electrons. The van der Waals surface area contributed by atoms with E-state index in [0.717, 1.165) is 12.2 Å². The Morgan fingerprint density at radius 3 is 2.57 bits per heavy atom. The highest BCUT2D eigenvalue weighted by molar-refractivity contribution is 6.30. The van der Waals surface area contributed by atoms with E-state index in [-0.39, 0.29) is 5.91 Å². The van der Waals surface area contributed by atoms with Gasteiger partial charge < -0.3 is 5.32 Å². The Morgan fingerprint density at radius 1 is 1.19 bits per heavy atom. The predicted octanol–water partition coefficient (Wildman–Crippen LogP) is 3.72. The Morgan fingerprint density at radius 2 is 1.90 bits per heavy atom. The average molecular weight is 303 g/mol. The molecular weight excluding hydrogens is 284 g/mol. The zero-order valence-corrected chi connectivity index (χ0v) is 13.0. The van der Waals surface area contributed by atoms with E-state index in [2.05, 4.69) is 36.5 Å². The van der Waals surface area contributed by atoms with Crippen LogP contribution in [0.5, 0.6) is 0 Å². The van der Waals surface area contributed by atoms with Gasteiger partial charge in [0.2, 0.25) is 5.91 Å². The maximum absolute atomic E-state index is 12.0. The van der Waals surface area contributed by atoms with Crippen LogP contribution in [0.1, 0.15) is 11.1 Å². The normalized spacial score (nSPS) is 10.7. The number of halogens is 1. The van der Waals surface area contributed by atoms with Gasteiger partial charge in [0, 0.05) is 17.3 Å². The molecule has 0 radical (unpaired) electrons. The third-order valence-corrected chi connectivity index (χ3v) is 3.33. The van der Waals surface area contributed by atoms with Crippen LogP contribution in [0.4, 0.5) is 5.69 Å². The highest BCUT2D eigenvalue weighted by Crippen LogP contribution is 2.14. The van der Waals surface area contributed by atoms with Crippen molar-refractivity contribution >= 4 is 23.2 Å². The number of carbonyl (C=O) groups is 1. The summed E-state index contributed by atoms with van der Waals surface area (Å²) in [6.07, 6.45) is 0. The maximum atomic E-state index is 12.0. The van der Waals surface area contributed by atoms with Crippen molar-refractivity contribution in [3.05, 3.63) is 64.7 Å². The van der Waals surface area contributed by atoms with Crippen molar-refractivity contribution in [2.24, 2.45) is 0 Å². The molecular formula is C17H19ClN2O. The van der Waals surface area contributed by atoms with Gasteiger partial charge in [-0.15, -0.1) is 0 Å². The quantitative estimate of drug-likeness (QED) is 0.913. The fourth-order valence-corrected chi connectivity index (χ4v) is 2.26. The van der Waals surface area contributed by atoms with Gasteiger partial charge in [0.1, 0.15) is 0 Å². The van der Waals surface area contributed by atoms with Crippen LogP contribution in [0.15, 0.2) is 48.5 Å². The molecule has 0 bridgehead atoms. The standard InChI is InChI=1S/C17H19ClN2O/c1-13-6-8-14(9-7-13)11-20(2)12-17(21)19-16-5-3-4-15(18)10-16/h3-10H,11-12H2,1-2H3,(H,19,21). The van der Waals surface area contributed by atoms with E-state index in [1.54, 1.807) is 12.1 Å². The van der Waals surface area contributed by atoms with Crippen LogP contribution in [0, 0.1) is 6.92 Å². The first-order valence-corrected chi connectivity index (χ1v) is 7.20. The first-order valence-electron chi connectivity index (χ1n) is 6.82. The van der Waals surface area contributed by atoms with E-state index in [1.807, 2.05) is 24.1 Å². The molecule has 0 spiro atoms. The van der Waals surface area contributed by atoms with Crippen LogP contribution in [-0.2, 0) is 11.3 Å². The number of nitrogens with zero attached hydrogens (tertiary/aromatic N) is 1. The van der Waals surface area contributed by atoms with Crippen molar-refractivity contribution < 1.29 is 4.79 Å². The number of carbonyl (C=O) groups excluding carboxylic acids is 1. The van der Waals surface area contributed by atoms with E-state index in [9.17, 15) is 4.79 Å². The first kappa shape index (κ1) is 15.5. The summed E-state index contributed by atoms with van der Waals surface area (Å²) in [4.78, 5) is 14.0. The molecule has 2 aromatic rings. The number of hydrogen-bond acceptors (Lipinski definition) is 2. The van der Waals surface area contributed by atoms with Gasteiger partial charge in [-0.3, -0.25) is 9.69 Å². The number of hydrogen-bond donors (Lipinski definition) is 1. The van der Waals surface area contributed by atoms with Crippen LogP contribution in [0.25, 0.3) is 0 Å². The Balaban J connectivity index is 1.86. The fourth-order valence-electron chi connectivity index (χ4n) is 2.07. The van der Waals surface area contributed by atoms with Crippen LogP contribution < -0.4 is 5.32 Å². The molecule has 1 amide bonds. The van der Waals surface area contributed by atoms with Crippen molar-refractivity contribution in [2.75, 3.05) is 18.9 Å². The molecule has 2 aromatic carbocycles. The summed E-state index contributed by atoms with van der Waals surface area (Å²) in [5, 5.41) is 3.46. The molecule has 0 fully saturated rings. The third-order valence-electron chi connectivity index (χ3n) is 3.09. The monoisotopic (exact) mass is 302 g/mol. The minimum atomic E-state index is -0.0492. The van der Waals surface area contributed by atoms with Gasteiger partial charge in [-0.2, -0.15) is 0 Å². The van der Waals surface area contributed by atoms with Gasteiger partial charge in [-0.1, -0.05) is 47.5 Å². The van der Waals surface area contributed by atoms with Crippen LogP contribution in [-0.4, -0.2) is 24.4 Å². The van der Waals surface area contributed by atoms with Gasteiger partial charge in [0.15, 0.2) is 0 Å². The molecule has 3 nitrogen and oxygen atoms in total. The SMILES string of the molecule is Cc1ccc(CN(C)CC(=O)Nc2cccc(Cl)c2)cc1. The van der Waals surface area contributed by atoms with Gasteiger partial charge in [-0.25, -0.2) is 0 Å². The lowest BCUT2D eigenvalue weighted by molar-refractivity contribution is -0.117. The number of nitrogens with one attached hydrogen (secondary N) is 1. The van der Waals surface area contributed by atoms with Gasteiger partial charge in [0.05, 0.1) is 6.54 Å². The topological polar surface area (TPSA) is 32.3 Å². The molecule has 0 unspecified atom stereocenters. The lowest BCUT2D eigenvalue weighted by atomic mass is 10.1. The van der Waals surface area contributed by atoms with E-state index < -0.39 is 0 Å². The predicted molar refractivity (Wildman–Crippen MR) is 87.6 cm³/mol. The summed E-state index contributed by atoms with van der Waals surface area (Å²) < 4.78 is 0. The molecule has 0 aliphatic rings. The van der Waals surface area contributed by atoms with Gasteiger partial charge >= 0.3 is 0 Å². The summed E-state index contributed by atoms with van der Waals surface area (Å²) in [6.45, 7) is 3.13. The summed E-state index contributed by atoms with van der Waals surface area (Å²) in [5.74, 6) is -0.0492.